The van der Waals surface area contributed by atoms with Crippen LogP contribution in [0.5, 0.6) is 0 Å². The Hall–Kier alpha value is -2.63. The van der Waals surface area contributed by atoms with Gasteiger partial charge in [-0.15, -0.1) is 0 Å². The number of allylic oxidation sites excluding steroid dienone is 1. The standard InChI is InChI=1S/C18H16N2O3.ClH/c1-2-23-18(22)20-14-11-7-6-10-13(14)15(19)16(20)17(21)12-8-4-3-5-9-12;/h3-11H,2,19H2,1H3;1H. The van der Waals surface area contributed by atoms with E-state index in [1.807, 2.05) is 12.1 Å². The molecule has 0 radical (unpaired) electrons. The maximum atomic E-state index is 12.9. The lowest BCUT2D eigenvalue weighted by atomic mass is 10.1. The van der Waals surface area contributed by atoms with Crippen LogP contribution >= 0.6 is 0 Å². The molecule has 1 heterocycles. The third-order valence-corrected chi connectivity index (χ3v) is 3.75. The zero-order chi connectivity index (χ0) is 16.4. The summed E-state index contributed by atoms with van der Waals surface area (Å²) in [5.41, 5.74) is 8.54. The van der Waals surface area contributed by atoms with Crippen LogP contribution in [0.1, 0.15) is 22.8 Å². The average molecular weight is 345 g/mol. The Morgan fingerprint density at radius 2 is 1.67 bits per heavy atom. The molecule has 0 saturated heterocycles. The molecule has 1 aliphatic heterocycles. The van der Waals surface area contributed by atoms with E-state index in [4.69, 9.17) is 10.5 Å². The minimum Gasteiger partial charge on any atom is -1.00 e. The summed E-state index contributed by atoms with van der Waals surface area (Å²) in [7, 11) is 0. The minimum absolute atomic E-state index is 0. The second-order valence-corrected chi connectivity index (χ2v) is 5.12. The third-order valence-electron chi connectivity index (χ3n) is 3.75. The smallest absolute Gasteiger partial charge is 0.524 e. The molecular weight excluding hydrogens is 328 g/mol. The van der Waals surface area contributed by atoms with Gasteiger partial charge in [0.2, 0.25) is 11.5 Å². The number of ether oxygens (including phenoxy) is 1. The molecule has 24 heavy (non-hydrogen) atoms. The number of rotatable bonds is 3. The molecule has 124 valence electrons. The number of nitrogens with one attached hydrogen (secondary N) is 1. The number of alkyl carbamates (subject to hydrolysis) is 1. The van der Waals surface area contributed by atoms with Gasteiger partial charge in [0.15, 0.2) is 5.69 Å². The van der Waals surface area contributed by atoms with Crippen LogP contribution in [-0.4, -0.2) is 18.5 Å². The van der Waals surface area contributed by atoms with E-state index < -0.39 is 6.09 Å². The van der Waals surface area contributed by atoms with Crippen molar-refractivity contribution in [3.8, 4) is 0 Å². The topological polar surface area (TPSA) is 73.8 Å². The average Bonchev–Trinajstić information content (AvgIpc) is 2.88. The first-order valence-corrected chi connectivity index (χ1v) is 7.38. The first-order valence-electron chi connectivity index (χ1n) is 7.38. The van der Waals surface area contributed by atoms with Crippen LogP contribution in [0, 0.1) is 0 Å². The second-order valence-electron chi connectivity index (χ2n) is 5.12. The number of carbonyl (C=O) groups excluding carboxylic acids is 2. The Balaban J connectivity index is 0.00000208. The summed E-state index contributed by atoms with van der Waals surface area (Å²) in [6.07, 6.45) is -0.528. The largest absolute Gasteiger partial charge is 1.00 e. The predicted octanol–water partition coefficient (Wildman–Crippen LogP) is -1.11. The van der Waals surface area contributed by atoms with Gasteiger partial charge in [0.25, 0.3) is 0 Å². The summed E-state index contributed by atoms with van der Waals surface area (Å²) in [5, 5.41) is 0. The monoisotopic (exact) mass is 344 g/mol. The van der Waals surface area contributed by atoms with Gasteiger partial charge in [-0.2, -0.15) is 9.69 Å². The summed E-state index contributed by atoms with van der Waals surface area (Å²) in [6.45, 7) is 1.96. The zero-order valence-electron chi connectivity index (χ0n) is 13.1. The van der Waals surface area contributed by atoms with Crippen LogP contribution in [0.25, 0.3) is 5.70 Å². The first-order chi connectivity index (χ1) is 11.1. The molecule has 0 bridgehead atoms. The van der Waals surface area contributed by atoms with Crippen LogP contribution in [0.3, 0.4) is 0 Å². The number of fused-ring (bicyclic) bond motifs is 1. The number of ketones is 1. The van der Waals surface area contributed by atoms with Crippen molar-refractivity contribution in [2.75, 3.05) is 6.61 Å². The fraction of sp³-hybridized carbons (Fsp3) is 0.111. The van der Waals surface area contributed by atoms with Crippen molar-refractivity contribution in [3.05, 3.63) is 71.4 Å². The maximum Gasteiger partial charge on any atom is 0.524 e. The number of nitrogens with two attached hydrogens (primary N) is 1. The number of Topliss-reactive ketones (excluding diaryl/α,β-unsaturated/α-hetero) is 1. The minimum atomic E-state index is -0.528. The molecule has 0 aliphatic carbocycles. The molecule has 1 unspecified atom stereocenters. The van der Waals surface area contributed by atoms with Crippen LogP contribution in [-0.2, 0) is 4.74 Å². The predicted molar refractivity (Wildman–Crippen MR) is 86.0 cm³/mol. The Morgan fingerprint density at radius 3 is 2.33 bits per heavy atom. The van der Waals surface area contributed by atoms with Crippen molar-refractivity contribution in [1.29, 1.82) is 0 Å². The van der Waals surface area contributed by atoms with E-state index >= 15 is 0 Å². The van der Waals surface area contributed by atoms with Gasteiger partial charge in [-0.1, -0.05) is 42.5 Å². The number of carbonyl (C=O) groups is 2. The van der Waals surface area contributed by atoms with Gasteiger partial charge in [0.1, 0.15) is 5.70 Å². The Morgan fingerprint density at radius 1 is 1.04 bits per heavy atom. The van der Waals surface area contributed by atoms with Crippen LogP contribution in [0.4, 0.5) is 10.5 Å². The summed E-state index contributed by atoms with van der Waals surface area (Å²) in [4.78, 5) is 25.5. The van der Waals surface area contributed by atoms with E-state index in [9.17, 15) is 9.59 Å². The van der Waals surface area contributed by atoms with Crippen LogP contribution in [0.15, 0.2) is 60.3 Å². The number of amides is 1. The number of hydrogen-bond acceptors (Lipinski definition) is 4. The maximum absolute atomic E-state index is 12.9. The molecule has 0 fully saturated rings. The van der Waals surface area contributed by atoms with Crippen molar-refractivity contribution in [2.24, 2.45) is 5.73 Å². The molecule has 0 aromatic heterocycles. The zero-order valence-corrected chi connectivity index (χ0v) is 13.8. The van der Waals surface area contributed by atoms with Gasteiger partial charge in [0.05, 0.1) is 12.2 Å². The van der Waals surface area contributed by atoms with Gasteiger partial charge in [-0.3, -0.25) is 4.79 Å². The third kappa shape index (κ3) is 2.91. The van der Waals surface area contributed by atoms with Crippen molar-refractivity contribution in [1.82, 2.24) is 0 Å². The molecule has 1 amide bonds. The van der Waals surface area contributed by atoms with Crippen molar-refractivity contribution in [3.63, 3.8) is 0 Å². The highest BCUT2D eigenvalue weighted by molar-refractivity contribution is 6.13. The van der Waals surface area contributed by atoms with E-state index in [0.717, 1.165) is 0 Å². The highest BCUT2D eigenvalue weighted by atomic mass is 35.5. The highest BCUT2D eigenvalue weighted by Crippen LogP contribution is 2.26. The molecule has 0 saturated carbocycles. The molecule has 0 spiro atoms. The van der Waals surface area contributed by atoms with Crippen molar-refractivity contribution >= 4 is 23.3 Å². The van der Waals surface area contributed by atoms with Gasteiger partial charge < -0.3 is 22.9 Å². The lowest BCUT2D eigenvalue weighted by molar-refractivity contribution is -0.698. The van der Waals surface area contributed by atoms with Crippen molar-refractivity contribution < 1.29 is 31.6 Å². The summed E-state index contributed by atoms with van der Waals surface area (Å²) < 4.78 is 5.13. The van der Waals surface area contributed by atoms with Crippen LogP contribution in [0.2, 0.25) is 0 Å². The quantitative estimate of drug-likeness (QED) is 0.692. The van der Waals surface area contributed by atoms with E-state index in [1.54, 1.807) is 49.4 Å². The lowest BCUT2D eigenvalue weighted by Crippen LogP contribution is -3.08. The Kier molecular flexibility index (Phi) is 5.39. The summed E-state index contributed by atoms with van der Waals surface area (Å²) >= 11 is 0. The number of hydrogen-bond donors (Lipinski definition) is 2. The molecule has 1 aliphatic rings. The van der Waals surface area contributed by atoms with E-state index in [1.165, 1.54) is 0 Å². The first kappa shape index (κ1) is 17.7. The summed E-state index contributed by atoms with van der Waals surface area (Å²) in [5.74, 6) is -0.276. The van der Waals surface area contributed by atoms with Gasteiger partial charge in [-0.05, 0) is 13.0 Å². The van der Waals surface area contributed by atoms with Gasteiger partial charge in [0, 0.05) is 11.6 Å². The molecule has 3 rings (SSSR count). The van der Waals surface area contributed by atoms with E-state index in [-0.39, 0.29) is 35.4 Å². The fourth-order valence-electron chi connectivity index (χ4n) is 2.72. The van der Waals surface area contributed by atoms with Crippen molar-refractivity contribution in [2.45, 2.75) is 6.92 Å². The Bertz CT molecular complexity index is 803. The number of quaternary nitrogens is 1. The molecule has 2 aromatic carbocycles. The SMILES string of the molecule is CCOC(=O)[NH+]1C(C(=O)c2ccccc2)=C(N)c2ccccc21.[Cl-]. The van der Waals surface area contributed by atoms with E-state index in [2.05, 4.69) is 0 Å². The summed E-state index contributed by atoms with van der Waals surface area (Å²) in [6, 6.07) is 16.0. The van der Waals surface area contributed by atoms with Gasteiger partial charge >= 0.3 is 6.09 Å². The molecule has 5 nitrogen and oxygen atoms in total. The van der Waals surface area contributed by atoms with Gasteiger partial charge in [-0.25, -0.2) is 0 Å². The molecule has 2 aromatic rings. The second kappa shape index (κ2) is 7.29. The molecular formula is C18H17ClN2O3. The molecule has 6 heteroatoms. The Labute approximate surface area is 146 Å². The highest BCUT2D eigenvalue weighted by Gasteiger charge is 2.43. The normalized spacial score (nSPS) is 15.5. The number of halogens is 1. The lowest BCUT2D eigenvalue weighted by Gasteiger charge is -2.13. The number of benzene rings is 2. The number of para-hydroxylation sites is 1. The molecule has 1 atom stereocenters. The van der Waals surface area contributed by atoms with E-state index in [0.29, 0.717) is 22.5 Å². The van der Waals surface area contributed by atoms with Crippen LogP contribution < -0.4 is 23.0 Å². The molecule has 3 N–H and O–H groups in total. The fourth-order valence-corrected chi connectivity index (χ4v) is 2.72.